The average Bonchev–Trinajstić information content (AvgIpc) is 3.93. The van der Waals surface area contributed by atoms with Crippen molar-refractivity contribution in [3.05, 3.63) is 97.1 Å². The zero-order valence-electron chi connectivity index (χ0n) is 49.0. The van der Waals surface area contributed by atoms with Crippen molar-refractivity contribution in [2.45, 2.75) is 264 Å². The van der Waals surface area contributed by atoms with E-state index in [0.29, 0.717) is 6.04 Å². The molecule has 7 heteroatoms. The lowest BCUT2D eigenvalue weighted by molar-refractivity contribution is 0.510. The standard InChI is InChI=1S/C65H109NP2Si4/c1-13-43-69(44-14-2,45-15-3)62-39-35-58(36-40-62)67(59-37-41-63(42-38-59)70(46-16-4,47-17-5)48-18-6)66(57-29-25-26-30-57)68(60-31-27-33-64(55-60)71(49-19-7,50-20-8)51-21-9)61-32-28-34-65(56-61)72(52-22-10,53-23-11)54-24-12/h27-28,31-42,55-57H,13-26,29-30,43-54H2,1-12H3. The Balaban J connectivity index is 1.92. The Morgan fingerprint density at radius 1 is 0.319 bits per heavy atom. The van der Waals surface area contributed by atoms with Gasteiger partial charge in [-0.15, -0.1) is 0 Å². The largest absolute Gasteiger partial charge is 0.242 e. The molecule has 0 spiro atoms. The highest BCUT2D eigenvalue weighted by atomic mass is 31.2. The molecule has 0 aliphatic heterocycles. The molecule has 0 heterocycles. The smallest absolute Gasteiger partial charge is 0.0867 e. The van der Waals surface area contributed by atoms with Gasteiger partial charge in [0.15, 0.2) is 0 Å². The van der Waals surface area contributed by atoms with E-state index in [1.807, 2.05) is 0 Å². The predicted octanol–water partition coefficient (Wildman–Crippen LogP) is 17.9. The Morgan fingerprint density at radius 3 is 0.833 bits per heavy atom. The number of hydrogen-bond acceptors (Lipinski definition) is 1. The number of rotatable bonds is 35. The van der Waals surface area contributed by atoms with Gasteiger partial charge >= 0.3 is 0 Å². The molecule has 0 unspecified atom stereocenters. The van der Waals surface area contributed by atoms with Crippen LogP contribution >= 0.6 is 16.1 Å². The summed E-state index contributed by atoms with van der Waals surface area (Å²) in [5.74, 6) is 0. The third-order valence-electron chi connectivity index (χ3n) is 17.7. The molecule has 4 aromatic carbocycles. The minimum absolute atomic E-state index is 0.559. The van der Waals surface area contributed by atoms with Gasteiger partial charge in [-0.05, 0) is 34.1 Å². The zero-order chi connectivity index (χ0) is 52.0. The molecule has 1 nitrogen and oxygen atoms in total. The summed E-state index contributed by atoms with van der Waals surface area (Å²) in [4.78, 5) is 0. The Kier molecular flexibility index (Phi) is 26.5. The van der Waals surface area contributed by atoms with Crippen LogP contribution in [0, 0.1) is 0 Å². The van der Waals surface area contributed by atoms with Crippen LogP contribution in [-0.2, 0) is 0 Å². The zero-order valence-corrected chi connectivity index (χ0v) is 54.7. The van der Waals surface area contributed by atoms with Gasteiger partial charge in [-0.2, -0.15) is 0 Å². The maximum Gasteiger partial charge on any atom is 0.0867 e. The second-order valence-electron chi connectivity index (χ2n) is 23.2. The van der Waals surface area contributed by atoms with Crippen molar-refractivity contribution in [1.29, 1.82) is 0 Å². The van der Waals surface area contributed by atoms with Crippen molar-refractivity contribution in [1.82, 2.24) is 4.44 Å². The molecule has 4 aromatic rings. The molecule has 0 saturated heterocycles. The third-order valence-corrected chi connectivity index (χ3v) is 47.0. The molecule has 72 heavy (non-hydrogen) atoms. The first-order valence-electron chi connectivity index (χ1n) is 30.9. The van der Waals surface area contributed by atoms with E-state index >= 15 is 0 Å². The Hall–Kier alpha value is -1.43. The highest BCUT2D eigenvalue weighted by Crippen LogP contribution is 2.58. The van der Waals surface area contributed by atoms with Crippen molar-refractivity contribution in [3.8, 4) is 0 Å². The fourth-order valence-electron chi connectivity index (χ4n) is 15.1. The summed E-state index contributed by atoms with van der Waals surface area (Å²) < 4.78 is 3.31. The summed E-state index contributed by atoms with van der Waals surface area (Å²) in [7, 11) is -8.41. The molecule has 400 valence electrons. The molecular formula is C65H109NP2Si4. The minimum atomic E-state index is -1.72. The number of nitrogens with zero attached hydrogens (tertiary/aromatic N) is 1. The van der Waals surface area contributed by atoms with Crippen LogP contribution in [0.15, 0.2) is 97.1 Å². The fraction of sp³-hybridized carbons (Fsp3) is 0.631. The predicted molar refractivity (Wildman–Crippen MR) is 345 cm³/mol. The lowest BCUT2D eigenvalue weighted by Gasteiger charge is -2.44. The van der Waals surface area contributed by atoms with E-state index in [2.05, 4.69) is 185 Å². The van der Waals surface area contributed by atoms with Crippen LogP contribution in [0.2, 0.25) is 72.5 Å². The fourth-order valence-corrected chi connectivity index (χ4v) is 43.4. The molecular weight excluding hydrogens is 969 g/mol. The molecule has 1 aliphatic rings. The molecule has 0 N–H and O–H groups in total. The highest BCUT2D eigenvalue weighted by molar-refractivity contribution is 7.84. The monoisotopic (exact) mass is 1080 g/mol. The topological polar surface area (TPSA) is 3.24 Å². The molecule has 1 saturated carbocycles. The summed E-state index contributed by atoms with van der Waals surface area (Å²) in [6, 6.07) is 60.7. The van der Waals surface area contributed by atoms with Crippen LogP contribution in [-0.4, -0.2) is 42.8 Å². The lowest BCUT2D eigenvalue weighted by atomic mass is 10.3. The number of benzene rings is 4. The van der Waals surface area contributed by atoms with E-state index in [1.165, 1.54) is 175 Å². The van der Waals surface area contributed by atoms with Crippen molar-refractivity contribution in [3.63, 3.8) is 0 Å². The minimum Gasteiger partial charge on any atom is -0.242 e. The van der Waals surface area contributed by atoms with E-state index in [9.17, 15) is 0 Å². The van der Waals surface area contributed by atoms with E-state index in [1.54, 1.807) is 42.0 Å². The van der Waals surface area contributed by atoms with Crippen molar-refractivity contribution in [2.75, 3.05) is 0 Å². The first-order chi connectivity index (χ1) is 35.1. The van der Waals surface area contributed by atoms with E-state index in [4.69, 9.17) is 0 Å². The molecule has 5 rings (SSSR count). The van der Waals surface area contributed by atoms with Crippen molar-refractivity contribution < 1.29 is 0 Å². The first kappa shape index (κ1) is 61.4. The van der Waals surface area contributed by atoms with Gasteiger partial charge in [0.05, 0.1) is 32.3 Å². The highest BCUT2D eigenvalue weighted by Gasteiger charge is 2.42. The van der Waals surface area contributed by atoms with Gasteiger partial charge in [0.25, 0.3) is 0 Å². The van der Waals surface area contributed by atoms with Crippen LogP contribution in [0.1, 0.15) is 186 Å². The Labute approximate surface area is 453 Å². The van der Waals surface area contributed by atoms with Crippen molar-refractivity contribution in [2.24, 2.45) is 0 Å². The lowest BCUT2D eigenvalue weighted by Crippen LogP contribution is -2.49. The van der Waals surface area contributed by atoms with Gasteiger partial charge in [-0.1, -0.05) is 363 Å². The third kappa shape index (κ3) is 14.8. The van der Waals surface area contributed by atoms with E-state index in [-0.39, 0.29) is 0 Å². The van der Waals surface area contributed by atoms with Gasteiger partial charge in [0.1, 0.15) is 0 Å². The quantitative estimate of drug-likeness (QED) is 0.0328. The van der Waals surface area contributed by atoms with Crippen LogP contribution < -0.4 is 42.0 Å². The average molecular weight is 1080 g/mol. The van der Waals surface area contributed by atoms with Crippen LogP contribution in [0.3, 0.4) is 0 Å². The maximum atomic E-state index is 3.31. The Morgan fingerprint density at radius 2 is 0.569 bits per heavy atom. The number of hydrogen-bond donors (Lipinski definition) is 0. The van der Waals surface area contributed by atoms with Gasteiger partial charge in [0, 0.05) is 22.2 Å². The molecule has 0 atom stereocenters. The summed E-state index contributed by atoms with van der Waals surface area (Å²) in [6.07, 6.45) is 21.0. The second kappa shape index (κ2) is 31.1. The van der Waals surface area contributed by atoms with E-state index in [0.717, 1.165) is 0 Å². The molecule has 0 amide bonds. The SMILES string of the molecule is CCC[Si](CCC)(CCC)c1ccc(P(c2ccc([Si](CCC)(CCC)CCC)cc2)N(C2CCCC2)P(c2cccc([Si](CCC)(CCC)CCC)c2)c2cccc([Si](CCC)(CCC)CCC)c2)cc1. The maximum absolute atomic E-state index is 3.31. The second-order valence-corrected chi connectivity index (χ2v) is 46.2. The molecule has 0 radical (unpaired) electrons. The van der Waals surface area contributed by atoms with Crippen LogP contribution in [0.25, 0.3) is 0 Å². The normalized spacial score (nSPS) is 14.2. The molecule has 1 aliphatic carbocycles. The van der Waals surface area contributed by atoms with Gasteiger partial charge in [0.2, 0.25) is 0 Å². The van der Waals surface area contributed by atoms with Crippen molar-refractivity contribution >= 4 is 90.4 Å². The van der Waals surface area contributed by atoms with Gasteiger partial charge in [-0.3, -0.25) is 0 Å². The first-order valence-corrected chi connectivity index (χ1v) is 44.0. The molecule has 0 bridgehead atoms. The van der Waals surface area contributed by atoms with E-state index < -0.39 is 48.4 Å². The summed E-state index contributed by atoms with van der Waals surface area (Å²) >= 11 is 0. The summed E-state index contributed by atoms with van der Waals surface area (Å²) in [6.45, 7) is 29.5. The van der Waals surface area contributed by atoms with Crippen LogP contribution in [0.5, 0.6) is 0 Å². The molecule has 0 aromatic heterocycles. The van der Waals surface area contributed by atoms with Gasteiger partial charge < -0.3 is 0 Å². The summed E-state index contributed by atoms with van der Waals surface area (Å²) in [5, 5.41) is 13.5. The summed E-state index contributed by atoms with van der Waals surface area (Å²) in [5.41, 5.74) is 0. The Bertz CT molecular complexity index is 1910. The van der Waals surface area contributed by atoms with Gasteiger partial charge in [-0.25, -0.2) is 4.44 Å². The molecule has 1 fully saturated rings. The van der Waals surface area contributed by atoms with Crippen LogP contribution in [0.4, 0.5) is 0 Å².